The zero-order valence-corrected chi connectivity index (χ0v) is 15.9. The highest BCUT2D eigenvalue weighted by molar-refractivity contribution is 6.34. The second kappa shape index (κ2) is 9.04. The van der Waals surface area contributed by atoms with Crippen molar-refractivity contribution in [1.82, 2.24) is 15.3 Å². The molecular formula is C19H18ClF4N3O2. The molecule has 10 heteroatoms. The quantitative estimate of drug-likeness (QED) is 0.720. The van der Waals surface area contributed by atoms with Gasteiger partial charge in [-0.25, -0.2) is 14.4 Å². The lowest BCUT2D eigenvalue weighted by atomic mass is 9.82. The number of hydrogen-bond acceptors (Lipinski definition) is 4. The summed E-state index contributed by atoms with van der Waals surface area (Å²) >= 11 is 5.85. The van der Waals surface area contributed by atoms with Crippen molar-refractivity contribution in [3.63, 3.8) is 0 Å². The van der Waals surface area contributed by atoms with Gasteiger partial charge in [-0.2, -0.15) is 13.2 Å². The smallest absolute Gasteiger partial charge is 0.381 e. The second-order valence-corrected chi connectivity index (χ2v) is 7.08. The number of nitrogens with one attached hydrogen (secondary N) is 1. The summed E-state index contributed by atoms with van der Waals surface area (Å²) < 4.78 is 57.2. The predicted molar refractivity (Wildman–Crippen MR) is 97.1 cm³/mol. The number of benzene rings is 1. The minimum absolute atomic E-state index is 0.0129. The third-order valence-corrected chi connectivity index (χ3v) is 5.25. The SMILES string of the molecule is O=C(NCC(c1cnc(C(F)(F)F)nc1)C1CCOCC1)c1cccc(F)c1Cl. The van der Waals surface area contributed by atoms with Crippen LogP contribution in [0.15, 0.2) is 30.6 Å². The van der Waals surface area contributed by atoms with E-state index in [-0.39, 0.29) is 29.0 Å². The lowest BCUT2D eigenvalue weighted by Crippen LogP contribution is -2.34. The van der Waals surface area contributed by atoms with E-state index in [0.717, 1.165) is 18.5 Å². The van der Waals surface area contributed by atoms with Gasteiger partial charge in [0.05, 0.1) is 10.6 Å². The number of ether oxygens (including phenoxy) is 1. The van der Waals surface area contributed by atoms with E-state index in [9.17, 15) is 22.4 Å². The van der Waals surface area contributed by atoms with Gasteiger partial charge in [0, 0.05) is 38.1 Å². The molecule has 1 fully saturated rings. The van der Waals surface area contributed by atoms with Gasteiger partial charge in [-0.3, -0.25) is 4.79 Å². The molecule has 0 bridgehead atoms. The molecule has 0 radical (unpaired) electrons. The molecule has 5 nitrogen and oxygen atoms in total. The summed E-state index contributed by atoms with van der Waals surface area (Å²) in [7, 11) is 0. The Morgan fingerprint density at radius 1 is 1.24 bits per heavy atom. The van der Waals surface area contributed by atoms with E-state index in [1.807, 2.05) is 0 Å². The van der Waals surface area contributed by atoms with Crippen LogP contribution in [0.3, 0.4) is 0 Å². The molecule has 1 atom stereocenters. The maximum Gasteiger partial charge on any atom is 0.451 e. The Balaban J connectivity index is 1.79. The van der Waals surface area contributed by atoms with E-state index in [2.05, 4.69) is 15.3 Å². The Labute approximate surface area is 169 Å². The highest BCUT2D eigenvalue weighted by atomic mass is 35.5. The first kappa shape index (κ1) is 21.4. The molecular weight excluding hydrogens is 414 g/mol. The number of carbonyl (C=O) groups excluding carboxylic acids is 1. The van der Waals surface area contributed by atoms with Crippen LogP contribution in [0.5, 0.6) is 0 Å². The van der Waals surface area contributed by atoms with Gasteiger partial charge in [0.15, 0.2) is 0 Å². The van der Waals surface area contributed by atoms with Gasteiger partial charge >= 0.3 is 6.18 Å². The fourth-order valence-electron chi connectivity index (χ4n) is 3.33. The van der Waals surface area contributed by atoms with Gasteiger partial charge in [-0.1, -0.05) is 17.7 Å². The molecule has 1 amide bonds. The Morgan fingerprint density at radius 3 is 2.52 bits per heavy atom. The molecule has 1 aromatic carbocycles. The van der Waals surface area contributed by atoms with E-state index in [0.29, 0.717) is 31.6 Å². The molecule has 0 spiro atoms. The van der Waals surface area contributed by atoms with E-state index < -0.39 is 23.7 Å². The predicted octanol–water partition coefficient (Wildman–Crippen LogP) is 4.23. The van der Waals surface area contributed by atoms with Crippen LogP contribution in [0.25, 0.3) is 0 Å². The van der Waals surface area contributed by atoms with Crippen LogP contribution in [0.2, 0.25) is 5.02 Å². The summed E-state index contributed by atoms with van der Waals surface area (Å²) in [6.45, 7) is 1.16. The lowest BCUT2D eigenvalue weighted by Gasteiger charge is -2.30. The average Bonchev–Trinajstić information content (AvgIpc) is 2.70. The molecule has 156 valence electrons. The lowest BCUT2D eigenvalue weighted by molar-refractivity contribution is -0.145. The molecule has 1 N–H and O–H groups in total. The first-order chi connectivity index (χ1) is 13.8. The Morgan fingerprint density at radius 2 is 1.90 bits per heavy atom. The van der Waals surface area contributed by atoms with Gasteiger partial charge in [0.1, 0.15) is 5.82 Å². The Hall–Kier alpha value is -2.26. The number of hydrogen-bond donors (Lipinski definition) is 1. The van der Waals surface area contributed by atoms with Crippen LogP contribution in [0.4, 0.5) is 17.6 Å². The first-order valence-electron chi connectivity index (χ1n) is 8.96. The minimum Gasteiger partial charge on any atom is -0.381 e. The van der Waals surface area contributed by atoms with Gasteiger partial charge in [0.25, 0.3) is 5.91 Å². The van der Waals surface area contributed by atoms with Crippen LogP contribution in [0.1, 0.15) is 40.5 Å². The van der Waals surface area contributed by atoms with E-state index >= 15 is 0 Å². The fourth-order valence-corrected chi connectivity index (χ4v) is 3.54. The van der Waals surface area contributed by atoms with Crippen molar-refractivity contribution in [1.29, 1.82) is 0 Å². The number of aromatic nitrogens is 2. The zero-order valence-electron chi connectivity index (χ0n) is 15.2. The van der Waals surface area contributed by atoms with Crippen LogP contribution in [0, 0.1) is 11.7 Å². The van der Waals surface area contributed by atoms with Crippen LogP contribution in [-0.4, -0.2) is 35.6 Å². The Kier molecular flexibility index (Phi) is 6.69. The molecule has 2 aromatic rings. The molecule has 1 saturated heterocycles. The second-order valence-electron chi connectivity index (χ2n) is 6.71. The first-order valence-corrected chi connectivity index (χ1v) is 9.34. The Bertz CT molecular complexity index is 856. The highest BCUT2D eigenvalue weighted by Gasteiger charge is 2.35. The molecule has 2 heterocycles. The van der Waals surface area contributed by atoms with Crippen molar-refractivity contribution in [2.75, 3.05) is 19.8 Å². The molecule has 1 unspecified atom stereocenters. The summed E-state index contributed by atoms with van der Waals surface area (Å²) in [5.74, 6) is -2.76. The number of rotatable bonds is 5. The van der Waals surface area contributed by atoms with Gasteiger partial charge in [0.2, 0.25) is 5.82 Å². The van der Waals surface area contributed by atoms with Crippen LogP contribution >= 0.6 is 11.6 Å². The van der Waals surface area contributed by atoms with Crippen LogP contribution < -0.4 is 5.32 Å². The van der Waals surface area contributed by atoms with Crippen molar-refractivity contribution >= 4 is 17.5 Å². The topological polar surface area (TPSA) is 64.1 Å². The third kappa shape index (κ3) is 5.22. The van der Waals surface area contributed by atoms with Gasteiger partial charge < -0.3 is 10.1 Å². The average molecular weight is 432 g/mol. The van der Waals surface area contributed by atoms with Crippen molar-refractivity contribution < 1.29 is 27.1 Å². The number of halogens is 5. The number of carbonyl (C=O) groups is 1. The summed E-state index contributed by atoms with van der Waals surface area (Å²) in [5, 5.41) is 2.41. The standard InChI is InChI=1S/C19H18ClF4N3O2/c20-16-13(2-1-3-15(16)21)17(28)25-10-14(11-4-6-29-7-5-11)12-8-26-18(27-9-12)19(22,23)24/h1-3,8-9,11,14H,4-7,10H2,(H,25,28). The van der Waals surface area contributed by atoms with Crippen LogP contribution in [-0.2, 0) is 10.9 Å². The number of alkyl halides is 3. The zero-order chi connectivity index (χ0) is 21.0. The van der Waals surface area contributed by atoms with Gasteiger partial charge in [-0.15, -0.1) is 0 Å². The fraction of sp³-hybridized carbons (Fsp3) is 0.421. The van der Waals surface area contributed by atoms with Crippen molar-refractivity contribution in [2.45, 2.75) is 24.9 Å². The summed E-state index contributed by atoms with van der Waals surface area (Å²) in [5.41, 5.74) is 0.469. The molecule has 29 heavy (non-hydrogen) atoms. The number of amides is 1. The maximum absolute atomic E-state index is 13.6. The minimum atomic E-state index is -4.63. The summed E-state index contributed by atoms with van der Waals surface area (Å²) in [6, 6.07) is 3.91. The third-order valence-electron chi connectivity index (χ3n) is 4.87. The summed E-state index contributed by atoms with van der Waals surface area (Å²) in [4.78, 5) is 19.3. The highest BCUT2D eigenvalue weighted by Crippen LogP contribution is 2.33. The van der Waals surface area contributed by atoms with E-state index in [1.165, 1.54) is 12.1 Å². The maximum atomic E-state index is 13.6. The molecule has 3 rings (SSSR count). The molecule has 0 saturated carbocycles. The largest absolute Gasteiger partial charge is 0.451 e. The molecule has 1 aliphatic rings. The monoisotopic (exact) mass is 431 g/mol. The van der Waals surface area contributed by atoms with E-state index in [4.69, 9.17) is 16.3 Å². The number of nitrogens with zero attached hydrogens (tertiary/aromatic N) is 2. The van der Waals surface area contributed by atoms with Crippen molar-refractivity contribution in [3.05, 3.63) is 58.4 Å². The summed E-state index contributed by atoms with van der Waals surface area (Å²) in [6.07, 6.45) is -0.992. The van der Waals surface area contributed by atoms with Crippen molar-refractivity contribution in [2.24, 2.45) is 5.92 Å². The van der Waals surface area contributed by atoms with Gasteiger partial charge in [-0.05, 0) is 36.5 Å². The molecule has 1 aromatic heterocycles. The van der Waals surface area contributed by atoms with E-state index in [1.54, 1.807) is 0 Å². The molecule has 1 aliphatic heterocycles. The normalized spacial score (nSPS) is 16.4. The van der Waals surface area contributed by atoms with Crippen molar-refractivity contribution in [3.8, 4) is 0 Å². The molecule has 0 aliphatic carbocycles.